The van der Waals surface area contributed by atoms with E-state index >= 15 is 0 Å². The third-order valence-electron chi connectivity index (χ3n) is 2.00. The zero-order valence-corrected chi connectivity index (χ0v) is 7.95. The Morgan fingerprint density at radius 2 is 1.94 bits per heavy atom. The number of halogens is 3. The number of alkyl halides is 3. The van der Waals surface area contributed by atoms with Crippen LogP contribution in [0.5, 0.6) is 0 Å². The van der Waals surface area contributed by atoms with Crippen LogP contribution >= 0.6 is 0 Å². The molecule has 0 saturated heterocycles. The smallest absolute Gasteiger partial charge is 0.407 e. The first-order chi connectivity index (χ1) is 7.23. The van der Waals surface area contributed by atoms with Gasteiger partial charge in [-0.3, -0.25) is 0 Å². The Kier molecular flexibility index (Phi) is 3.09. The van der Waals surface area contributed by atoms with Gasteiger partial charge < -0.3 is 16.6 Å². The Bertz CT molecular complexity index is 418. The van der Waals surface area contributed by atoms with Gasteiger partial charge in [0, 0.05) is 5.69 Å². The van der Waals surface area contributed by atoms with Crippen molar-refractivity contribution < 1.29 is 23.1 Å². The molecule has 0 amide bonds. The molecule has 0 unspecified atom stereocenters. The lowest BCUT2D eigenvalue weighted by Crippen LogP contribution is -2.30. The van der Waals surface area contributed by atoms with Gasteiger partial charge in [-0.05, 0) is 17.7 Å². The Balaban J connectivity index is 3.28. The summed E-state index contributed by atoms with van der Waals surface area (Å²) in [4.78, 5) is 10.7. The number of nitrogen functional groups attached to an aromatic ring is 1. The van der Waals surface area contributed by atoms with Gasteiger partial charge in [-0.25, -0.2) is 4.79 Å². The second kappa shape index (κ2) is 4.01. The molecular formula is C9H9F3N2O2. The maximum Gasteiger partial charge on any atom is 0.407 e. The molecule has 0 aliphatic rings. The van der Waals surface area contributed by atoms with Gasteiger partial charge in [0.05, 0.1) is 5.56 Å². The Labute approximate surface area is 88.7 Å². The second-order valence-electron chi connectivity index (χ2n) is 3.17. The lowest BCUT2D eigenvalue weighted by Gasteiger charge is -2.17. The zero-order chi connectivity index (χ0) is 12.5. The number of anilines is 1. The van der Waals surface area contributed by atoms with Gasteiger partial charge in [-0.2, -0.15) is 13.2 Å². The number of aromatic carboxylic acids is 1. The lowest BCUT2D eigenvalue weighted by molar-refractivity contribution is -0.149. The predicted octanol–water partition coefficient (Wildman–Crippen LogP) is 1.53. The van der Waals surface area contributed by atoms with E-state index in [0.29, 0.717) is 0 Å². The summed E-state index contributed by atoms with van der Waals surface area (Å²) >= 11 is 0. The standard InChI is InChI=1S/C9H9F3N2O2/c10-9(11,12)7(14)5-2-1-4(13)3-6(5)8(15)16/h1-3,7H,13-14H2,(H,15,16)/t7-/m1/s1. The van der Waals surface area contributed by atoms with Gasteiger partial charge in [0.1, 0.15) is 6.04 Å². The van der Waals surface area contributed by atoms with Crippen LogP contribution in [0.15, 0.2) is 18.2 Å². The molecule has 0 aromatic heterocycles. The minimum absolute atomic E-state index is 0.0653. The highest BCUT2D eigenvalue weighted by molar-refractivity contribution is 5.90. The third-order valence-corrected chi connectivity index (χ3v) is 2.00. The zero-order valence-electron chi connectivity index (χ0n) is 7.95. The van der Waals surface area contributed by atoms with E-state index in [2.05, 4.69) is 0 Å². The molecule has 1 rings (SSSR count). The van der Waals surface area contributed by atoms with Crippen LogP contribution < -0.4 is 11.5 Å². The van der Waals surface area contributed by atoms with Gasteiger partial charge >= 0.3 is 12.1 Å². The van der Waals surface area contributed by atoms with E-state index in [0.717, 1.165) is 12.1 Å². The van der Waals surface area contributed by atoms with Crippen molar-refractivity contribution in [3.8, 4) is 0 Å². The summed E-state index contributed by atoms with van der Waals surface area (Å²) in [5.41, 5.74) is 9.24. The Hall–Kier alpha value is -1.76. The summed E-state index contributed by atoms with van der Waals surface area (Å²) in [6, 6.07) is 0.757. The molecule has 0 aliphatic carbocycles. The van der Waals surface area contributed by atoms with Crippen LogP contribution in [0.4, 0.5) is 18.9 Å². The fourth-order valence-corrected chi connectivity index (χ4v) is 1.21. The van der Waals surface area contributed by atoms with Crippen molar-refractivity contribution >= 4 is 11.7 Å². The highest BCUT2D eigenvalue weighted by atomic mass is 19.4. The molecule has 1 aromatic carbocycles. The maximum atomic E-state index is 12.3. The van der Waals surface area contributed by atoms with E-state index in [-0.39, 0.29) is 5.69 Å². The lowest BCUT2D eigenvalue weighted by atomic mass is 10.00. The van der Waals surface area contributed by atoms with Gasteiger partial charge in [0.25, 0.3) is 0 Å². The van der Waals surface area contributed by atoms with E-state index in [1.807, 2.05) is 0 Å². The summed E-state index contributed by atoms with van der Waals surface area (Å²) in [6.45, 7) is 0. The number of benzene rings is 1. The van der Waals surface area contributed by atoms with Crippen LogP contribution in [0, 0.1) is 0 Å². The average molecular weight is 234 g/mol. The molecule has 88 valence electrons. The molecule has 1 aromatic rings. The van der Waals surface area contributed by atoms with Crippen molar-refractivity contribution in [3.05, 3.63) is 29.3 Å². The highest BCUT2D eigenvalue weighted by Gasteiger charge is 2.39. The summed E-state index contributed by atoms with van der Waals surface area (Å²) in [5, 5.41) is 8.73. The molecule has 7 heteroatoms. The minimum atomic E-state index is -4.69. The summed E-state index contributed by atoms with van der Waals surface area (Å²) in [5.74, 6) is -1.50. The number of carbonyl (C=O) groups is 1. The third kappa shape index (κ3) is 2.43. The summed E-state index contributed by atoms with van der Waals surface area (Å²) in [7, 11) is 0. The van der Waals surface area contributed by atoms with Crippen LogP contribution in [0.2, 0.25) is 0 Å². The van der Waals surface area contributed by atoms with Gasteiger partial charge in [0.15, 0.2) is 0 Å². The van der Waals surface area contributed by atoms with Crippen molar-refractivity contribution in [2.24, 2.45) is 5.73 Å². The molecule has 1 atom stereocenters. The van der Waals surface area contributed by atoms with E-state index in [9.17, 15) is 18.0 Å². The normalized spacial score (nSPS) is 13.5. The monoisotopic (exact) mass is 234 g/mol. The first-order valence-electron chi connectivity index (χ1n) is 4.18. The molecule has 5 N–H and O–H groups in total. The topological polar surface area (TPSA) is 89.3 Å². The van der Waals surface area contributed by atoms with Crippen LogP contribution in [0.25, 0.3) is 0 Å². The van der Waals surface area contributed by atoms with Crippen LogP contribution in [-0.2, 0) is 0 Å². The fraction of sp³-hybridized carbons (Fsp3) is 0.222. The van der Waals surface area contributed by atoms with Crippen LogP contribution in [-0.4, -0.2) is 17.3 Å². The van der Waals surface area contributed by atoms with Crippen molar-refractivity contribution in [2.45, 2.75) is 12.2 Å². The largest absolute Gasteiger partial charge is 0.478 e. The van der Waals surface area contributed by atoms with Gasteiger partial charge in [-0.1, -0.05) is 6.07 Å². The molecule has 0 saturated carbocycles. The quantitative estimate of drug-likeness (QED) is 0.677. The van der Waals surface area contributed by atoms with Crippen LogP contribution in [0.3, 0.4) is 0 Å². The highest BCUT2D eigenvalue weighted by Crippen LogP contribution is 2.32. The number of carboxylic acids is 1. The van der Waals surface area contributed by atoms with E-state index in [1.54, 1.807) is 0 Å². The Morgan fingerprint density at radius 1 is 1.38 bits per heavy atom. The Morgan fingerprint density at radius 3 is 2.38 bits per heavy atom. The fourth-order valence-electron chi connectivity index (χ4n) is 1.21. The average Bonchev–Trinajstić information content (AvgIpc) is 2.15. The van der Waals surface area contributed by atoms with Crippen molar-refractivity contribution in [3.63, 3.8) is 0 Å². The molecular weight excluding hydrogens is 225 g/mol. The summed E-state index contributed by atoms with van der Waals surface area (Å²) in [6.07, 6.45) is -4.69. The number of nitrogens with two attached hydrogens (primary N) is 2. The first-order valence-corrected chi connectivity index (χ1v) is 4.18. The number of rotatable bonds is 2. The summed E-state index contributed by atoms with van der Waals surface area (Å²) < 4.78 is 37.0. The molecule has 0 heterocycles. The first kappa shape index (κ1) is 12.3. The van der Waals surface area contributed by atoms with Crippen molar-refractivity contribution in [1.29, 1.82) is 0 Å². The molecule has 0 spiro atoms. The van der Waals surface area contributed by atoms with E-state index in [4.69, 9.17) is 16.6 Å². The minimum Gasteiger partial charge on any atom is -0.478 e. The number of hydrogen-bond donors (Lipinski definition) is 3. The number of carboxylic acid groups (broad SMARTS) is 1. The predicted molar refractivity (Wildman–Crippen MR) is 50.8 cm³/mol. The number of hydrogen-bond acceptors (Lipinski definition) is 3. The van der Waals surface area contributed by atoms with Crippen LogP contribution in [0.1, 0.15) is 22.0 Å². The van der Waals surface area contributed by atoms with Gasteiger partial charge in [-0.15, -0.1) is 0 Å². The molecule has 4 nitrogen and oxygen atoms in total. The molecule has 16 heavy (non-hydrogen) atoms. The van der Waals surface area contributed by atoms with E-state index in [1.165, 1.54) is 6.07 Å². The van der Waals surface area contributed by atoms with Crippen molar-refractivity contribution in [2.75, 3.05) is 5.73 Å². The molecule has 0 bridgehead atoms. The SMILES string of the molecule is Nc1ccc([C@@H](N)C(F)(F)F)c(C(=O)O)c1. The molecule has 0 radical (unpaired) electrons. The van der Waals surface area contributed by atoms with E-state index < -0.39 is 29.3 Å². The molecule has 0 fully saturated rings. The second-order valence-corrected chi connectivity index (χ2v) is 3.17. The molecule has 0 aliphatic heterocycles. The van der Waals surface area contributed by atoms with Crippen molar-refractivity contribution in [1.82, 2.24) is 0 Å². The van der Waals surface area contributed by atoms with Gasteiger partial charge in [0.2, 0.25) is 0 Å². The maximum absolute atomic E-state index is 12.3.